The van der Waals surface area contributed by atoms with Crippen molar-refractivity contribution in [2.45, 2.75) is 52.4 Å². The second kappa shape index (κ2) is 11.9. The Kier molecular flexibility index (Phi) is 9.61. The first kappa shape index (κ1) is 25.0. The van der Waals surface area contributed by atoms with E-state index in [1.807, 2.05) is 20.8 Å². The molecule has 1 fully saturated rings. The van der Waals surface area contributed by atoms with Gasteiger partial charge < -0.3 is 16.0 Å². The van der Waals surface area contributed by atoms with E-state index in [1.54, 1.807) is 6.07 Å². The Morgan fingerprint density at radius 2 is 1.94 bits per heavy atom. The van der Waals surface area contributed by atoms with Gasteiger partial charge in [0, 0.05) is 44.7 Å². The summed E-state index contributed by atoms with van der Waals surface area (Å²) in [6.07, 6.45) is -2.55. The number of nitrogens with one attached hydrogen (secondary N) is 3. The van der Waals surface area contributed by atoms with Crippen LogP contribution in [0.2, 0.25) is 0 Å². The number of carbonyl (C=O) groups excluding carboxylic acids is 1. The van der Waals surface area contributed by atoms with E-state index in [4.69, 9.17) is 0 Å². The van der Waals surface area contributed by atoms with E-state index in [9.17, 15) is 18.0 Å². The molecular formula is C22H34F3N5O. The van der Waals surface area contributed by atoms with E-state index in [-0.39, 0.29) is 17.9 Å². The molecule has 1 heterocycles. The number of nitrogens with zero attached hydrogens (tertiary/aromatic N) is 2. The number of aliphatic imine (C=N–C) groups is 1. The van der Waals surface area contributed by atoms with Crippen molar-refractivity contribution in [2.75, 3.05) is 32.7 Å². The summed E-state index contributed by atoms with van der Waals surface area (Å²) in [5, 5.41) is 9.50. The summed E-state index contributed by atoms with van der Waals surface area (Å²) in [6, 6.07) is 5.80. The normalized spacial score (nSPS) is 16.4. The van der Waals surface area contributed by atoms with Crippen LogP contribution < -0.4 is 16.0 Å². The summed E-state index contributed by atoms with van der Waals surface area (Å²) in [5.41, 5.74) is 0.0808. The fourth-order valence-electron chi connectivity index (χ4n) is 3.40. The molecule has 1 aromatic rings. The van der Waals surface area contributed by atoms with Crippen LogP contribution in [-0.2, 0) is 17.5 Å². The number of hydrogen-bond acceptors (Lipinski definition) is 3. The SMILES string of the molecule is CCNC(=NCCNC(=O)C(C)C)NC1CCN(Cc2cccc(C(F)(F)F)c2)CC1. The predicted molar refractivity (Wildman–Crippen MR) is 117 cm³/mol. The minimum atomic E-state index is -4.31. The lowest BCUT2D eigenvalue weighted by Gasteiger charge is -2.33. The van der Waals surface area contributed by atoms with Gasteiger partial charge in [-0.3, -0.25) is 14.7 Å². The number of likely N-dealkylation sites (tertiary alicyclic amines) is 1. The van der Waals surface area contributed by atoms with Crippen LogP contribution in [0.3, 0.4) is 0 Å². The number of benzene rings is 1. The fraction of sp³-hybridized carbons (Fsp3) is 0.636. The van der Waals surface area contributed by atoms with Crippen molar-refractivity contribution in [3.63, 3.8) is 0 Å². The highest BCUT2D eigenvalue weighted by molar-refractivity contribution is 5.80. The van der Waals surface area contributed by atoms with E-state index < -0.39 is 11.7 Å². The third kappa shape index (κ3) is 8.77. The maximum Gasteiger partial charge on any atom is 0.416 e. The molecule has 1 aromatic carbocycles. The topological polar surface area (TPSA) is 68.8 Å². The number of guanidine groups is 1. The molecular weight excluding hydrogens is 407 g/mol. The van der Waals surface area contributed by atoms with Crippen molar-refractivity contribution in [3.05, 3.63) is 35.4 Å². The molecule has 0 atom stereocenters. The zero-order chi connectivity index (χ0) is 22.9. The van der Waals surface area contributed by atoms with Gasteiger partial charge in [-0.15, -0.1) is 0 Å². The van der Waals surface area contributed by atoms with Crippen LogP contribution >= 0.6 is 0 Å². The highest BCUT2D eigenvalue weighted by Crippen LogP contribution is 2.30. The molecule has 1 saturated heterocycles. The number of halogens is 3. The first-order valence-electron chi connectivity index (χ1n) is 10.9. The molecule has 0 aliphatic carbocycles. The number of rotatable bonds is 8. The van der Waals surface area contributed by atoms with Gasteiger partial charge in [-0.1, -0.05) is 32.0 Å². The Labute approximate surface area is 182 Å². The van der Waals surface area contributed by atoms with Crippen LogP contribution in [-0.4, -0.2) is 55.5 Å². The van der Waals surface area contributed by atoms with Gasteiger partial charge >= 0.3 is 6.18 Å². The maximum absolute atomic E-state index is 12.9. The van der Waals surface area contributed by atoms with Crippen LogP contribution in [0.25, 0.3) is 0 Å². The third-order valence-electron chi connectivity index (χ3n) is 5.14. The monoisotopic (exact) mass is 441 g/mol. The largest absolute Gasteiger partial charge is 0.416 e. The average Bonchev–Trinajstić information content (AvgIpc) is 2.72. The molecule has 1 aliphatic heterocycles. The molecule has 174 valence electrons. The van der Waals surface area contributed by atoms with Crippen molar-refractivity contribution in [1.82, 2.24) is 20.9 Å². The molecule has 0 unspecified atom stereocenters. The zero-order valence-electron chi connectivity index (χ0n) is 18.6. The van der Waals surface area contributed by atoms with Gasteiger partial charge in [-0.2, -0.15) is 13.2 Å². The number of carbonyl (C=O) groups is 1. The van der Waals surface area contributed by atoms with Crippen molar-refractivity contribution in [1.29, 1.82) is 0 Å². The standard InChI is InChI=1S/C22H34F3N5O/c1-4-26-21(28-11-10-27-20(31)16(2)3)29-19-8-12-30(13-9-19)15-17-6-5-7-18(14-17)22(23,24)25/h5-7,14,16,19H,4,8-13,15H2,1-3H3,(H,27,31)(H2,26,28,29). The predicted octanol–water partition coefficient (Wildman–Crippen LogP) is 3.00. The van der Waals surface area contributed by atoms with Crippen LogP contribution in [0.5, 0.6) is 0 Å². The second-order valence-corrected chi connectivity index (χ2v) is 8.10. The van der Waals surface area contributed by atoms with Crippen molar-refractivity contribution >= 4 is 11.9 Å². The molecule has 6 nitrogen and oxygen atoms in total. The summed E-state index contributed by atoms with van der Waals surface area (Å²) < 4.78 is 38.7. The minimum Gasteiger partial charge on any atom is -0.357 e. The summed E-state index contributed by atoms with van der Waals surface area (Å²) in [5.74, 6) is 0.690. The number of piperidine rings is 1. The molecule has 3 N–H and O–H groups in total. The fourth-order valence-corrected chi connectivity index (χ4v) is 3.40. The Bertz CT molecular complexity index is 728. The van der Waals surface area contributed by atoms with Crippen molar-refractivity contribution < 1.29 is 18.0 Å². The maximum atomic E-state index is 12.9. The first-order valence-corrected chi connectivity index (χ1v) is 10.9. The van der Waals surface area contributed by atoms with E-state index in [2.05, 4.69) is 25.8 Å². The lowest BCUT2D eigenvalue weighted by Crippen LogP contribution is -2.48. The van der Waals surface area contributed by atoms with Crippen LogP contribution in [0.4, 0.5) is 13.2 Å². The molecule has 2 rings (SSSR count). The molecule has 0 spiro atoms. The Morgan fingerprint density at radius 3 is 2.55 bits per heavy atom. The molecule has 0 radical (unpaired) electrons. The van der Waals surface area contributed by atoms with E-state index >= 15 is 0 Å². The molecule has 0 aromatic heterocycles. The lowest BCUT2D eigenvalue weighted by molar-refractivity contribution is -0.137. The molecule has 9 heteroatoms. The lowest BCUT2D eigenvalue weighted by atomic mass is 10.0. The summed E-state index contributed by atoms with van der Waals surface area (Å²) in [4.78, 5) is 18.3. The van der Waals surface area contributed by atoms with Gasteiger partial charge in [0.05, 0.1) is 12.1 Å². The highest BCUT2D eigenvalue weighted by atomic mass is 19.4. The van der Waals surface area contributed by atoms with Crippen LogP contribution in [0.1, 0.15) is 44.7 Å². The van der Waals surface area contributed by atoms with Gasteiger partial charge in [0.2, 0.25) is 5.91 Å². The van der Waals surface area contributed by atoms with Gasteiger partial charge in [0.15, 0.2) is 5.96 Å². The van der Waals surface area contributed by atoms with Crippen molar-refractivity contribution in [2.24, 2.45) is 10.9 Å². The van der Waals surface area contributed by atoms with E-state index in [1.165, 1.54) is 12.1 Å². The number of hydrogen-bond donors (Lipinski definition) is 3. The average molecular weight is 442 g/mol. The molecule has 1 amide bonds. The smallest absolute Gasteiger partial charge is 0.357 e. The molecule has 31 heavy (non-hydrogen) atoms. The summed E-state index contributed by atoms with van der Waals surface area (Å²) in [7, 11) is 0. The summed E-state index contributed by atoms with van der Waals surface area (Å²) in [6.45, 7) is 9.53. The van der Waals surface area contributed by atoms with Gasteiger partial charge in [-0.05, 0) is 31.4 Å². The number of amides is 1. The van der Waals surface area contributed by atoms with Gasteiger partial charge in [0.25, 0.3) is 0 Å². The Balaban J connectivity index is 1.80. The second-order valence-electron chi connectivity index (χ2n) is 8.10. The van der Waals surface area contributed by atoms with Gasteiger partial charge in [0.1, 0.15) is 0 Å². The molecule has 1 aliphatic rings. The quantitative estimate of drug-likeness (QED) is 0.330. The van der Waals surface area contributed by atoms with E-state index in [0.29, 0.717) is 25.2 Å². The highest BCUT2D eigenvalue weighted by Gasteiger charge is 2.30. The van der Waals surface area contributed by atoms with E-state index in [0.717, 1.165) is 44.5 Å². The third-order valence-corrected chi connectivity index (χ3v) is 5.14. The molecule has 0 saturated carbocycles. The number of alkyl halides is 3. The minimum absolute atomic E-state index is 0.0151. The van der Waals surface area contributed by atoms with Crippen molar-refractivity contribution in [3.8, 4) is 0 Å². The Hall–Kier alpha value is -2.29. The first-order chi connectivity index (χ1) is 14.7. The Morgan fingerprint density at radius 1 is 1.23 bits per heavy atom. The van der Waals surface area contributed by atoms with Gasteiger partial charge in [-0.25, -0.2) is 0 Å². The van der Waals surface area contributed by atoms with Crippen LogP contribution in [0, 0.1) is 5.92 Å². The summed E-state index contributed by atoms with van der Waals surface area (Å²) >= 11 is 0. The molecule has 0 bridgehead atoms. The van der Waals surface area contributed by atoms with Crippen LogP contribution in [0.15, 0.2) is 29.3 Å². The zero-order valence-corrected chi connectivity index (χ0v) is 18.6.